The molecule has 0 saturated carbocycles. The van der Waals surface area contributed by atoms with Gasteiger partial charge >= 0.3 is 5.97 Å². The number of hydrogen-bond donors (Lipinski definition) is 0. The normalized spacial score (nSPS) is 10.8. The number of ether oxygens (including phenoxy) is 1. The minimum Gasteiger partial charge on any atom is -0.460 e. The predicted molar refractivity (Wildman–Crippen MR) is 78.7 cm³/mol. The van der Waals surface area contributed by atoms with Crippen molar-refractivity contribution in [1.82, 2.24) is 14.8 Å². The van der Waals surface area contributed by atoms with Gasteiger partial charge in [-0.05, 0) is 13.3 Å². The van der Waals surface area contributed by atoms with Gasteiger partial charge in [-0.15, -0.1) is 5.10 Å². The molecule has 0 unspecified atom stereocenters. The van der Waals surface area contributed by atoms with Gasteiger partial charge in [0.25, 0.3) is 5.82 Å². The summed E-state index contributed by atoms with van der Waals surface area (Å²) in [7, 11) is 1.83. The summed E-state index contributed by atoms with van der Waals surface area (Å²) >= 11 is 0. The molecule has 1 rings (SSSR count). The van der Waals surface area contributed by atoms with Gasteiger partial charge in [0.1, 0.15) is 5.82 Å². The van der Waals surface area contributed by atoms with Crippen molar-refractivity contribution in [3.8, 4) is 0 Å². The van der Waals surface area contributed by atoms with E-state index in [4.69, 9.17) is 4.74 Å². The van der Waals surface area contributed by atoms with Gasteiger partial charge in [-0.1, -0.05) is 45.4 Å². The second kappa shape index (κ2) is 9.50. The molecule has 0 N–H and O–H groups in total. The molecule has 0 saturated heterocycles. The highest BCUT2D eigenvalue weighted by molar-refractivity contribution is 5.84. The molecular weight excluding hydrogens is 254 g/mol. The lowest BCUT2D eigenvalue weighted by atomic mass is 10.1. The smallest absolute Gasteiger partial charge is 0.378 e. The summed E-state index contributed by atoms with van der Waals surface area (Å²) in [6, 6.07) is 0. The van der Waals surface area contributed by atoms with Crippen LogP contribution in [0.2, 0.25) is 0 Å². The fourth-order valence-corrected chi connectivity index (χ4v) is 2.16. The van der Waals surface area contributed by atoms with Gasteiger partial charge in [0.15, 0.2) is 0 Å². The summed E-state index contributed by atoms with van der Waals surface area (Å²) in [5.41, 5.74) is 0. The number of carbonyl (C=O) groups excluding carboxylic acids is 1. The molecule has 0 aromatic carbocycles. The van der Waals surface area contributed by atoms with Crippen molar-refractivity contribution in [2.24, 2.45) is 7.05 Å². The van der Waals surface area contributed by atoms with E-state index in [0.717, 1.165) is 18.7 Å². The molecule has 20 heavy (non-hydrogen) atoms. The number of carbonyl (C=O) groups is 1. The lowest BCUT2D eigenvalue weighted by Crippen LogP contribution is -2.07. The largest absolute Gasteiger partial charge is 0.460 e. The van der Waals surface area contributed by atoms with Crippen LogP contribution in [0.3, 0.4) is 0 Å². The van der Waals surface area contributed by atoms with Crippen LogP contribution in [0.15, 0.2) is 0 Å². The number of aromatic nitrogens is 3. The van der Waals surface area contributed by atoms with Crippen molar-refractivity contribution < 1.29 is 9.53 Å². The summed E-state index contributed by atoms with van der Waals surface area (Å²) in [5, 5.41) is 4.10. The van der Waals surface area contributed by atoms with Gasteiger partial charge in [0.05, 0.1) is 6.61 Å². The Morgan fingerprint density at radius 1 is 1.10 bits per heavy atom. The monoisotopic (exact) mass is 281 g/mol. The van der Waals surface area contributed by atoms with Crippen LogP contribution in [0.5, 0.6) is 0 Å². The van der Waals surface area contributed by atoms with Crippen LogP contribution in [0.4, 0.5) is 0 Å². The molecule has 1 aromatic heterocycles. The predicted octanol–water partition coefficient (Wildman–Crippen LogP) is 3.28. The summed E-state index contributed by atoms with van der Waals surface area (Å²) in [4.78, 5) is 15.8. The van der Waals surface area contributed by atoms with Gasteiger partial charge in [-0.25, -0.2) is 9.78 Å². The van der Waals surface area contributed by atoms with Crippen molar-refractivity contribution in [3.63, 3.8) is 0 Å². The van der Waals surface area contributed by atoms with Crippen LogP contribution in [-0.4, -0.2) is 27.3 Å². The second-order valence-corrected chi connectivity index (χ2v) is 5.07. The minimum absolute atomic E-state index is 0.173. The van der Waals surface area contributed by atoms with Crippen LogP contribution in [0, 0.1) is 0 Å². The van der Waals surface area contributed by atoms with E-state index in [9.17, 15) is 4.79 Å². The van der Waals surface area contributed by atoms with Gasteiger partial charge in [-0.2, -0.15) is 0 Å². The van der Waals surface area contributed by atoms with Crippen molar-refractivity contribution in [2.45, 2.75) is 65.2 Å². The second-order valence-electron chi connectivity index (χ2n) is 5.07. The number of rotatable bonds is 10. The van der Waals surface area contributed by atoms with E-state index in [1.54, 1.807) is 11.6 Å². The summed E-state index contributed by atoms with van der Waals surface area (Å²) in [5.74, 6) is 0.600. The first-order valence-electron chi connectivity index (χ1n) is 7.76. The standard InChI is InChI=1S/C15H27N3O2/c1-4-6-7-8-9-10-11-12-13-16-14(17-18(13)3)15(19)20-5-2/h4-12H2,1-3H3. The van der Waals surface area contributed by atoms with E-state index < -0.39 is 5.97 Å². The van der Waals surface area contributed by atoms with Crippen LogP contribution in [0.1, 0.15) is 75.2 Å². The molecule has 0 atom stereocenters. The maximum atomic E-state index is 11.5. The first-order valence-corrected chi connectivity index (χ1v) is 7.76. The third kappa shape index (κ3) is 5.72. The fraction of sp³-hybridized carbons (Fsp3) is 0.800. The highest BCUT2D eigenvalue weighted by atomic mass is 16.5. The topological polar surface area (TPSA) is 57.0 Å². The van der Waals surface area contributed by atoms with E-state index in [-0.39, 0.29) is 5.82 Å². The third-order valence-corrected chi connectivity index (χ3v) is 3.32. The van der Waals surface area contributed by atoms with Gasteiger partial charge in [0, 0.05) is 13.5 Å². The Labute approximate surface area is 121 Å². The Morgan fingerprint density at radius 3 is 2.40 bits per heavy atom. The van der Waals surface area contributed by atoms with Crippen LogP contribution >= 0.6 is 0 Å². The molecule has 114 valence electrons. The van der Waals surface area contributed by atoms with Crippen molar-refractivity contribution >= 4 is 5.97 Å². The molecule has 0 fully saturated rings. The van der Waals surface area contributed by atoms with E-state index in [1.807, 2.05) is 7.05 Å². The van der Waals surface area contributed by atoms with E-state index in [1.165, 1.54) is 38.5 Å². The zero-order chi connectivity index (χ0) is 14.8. The molecule has 0 aliphatic heterocycles. The van der Waals surface area contributed by atoms with Crippen molar-refractivity contribution in [3.05, 3.63) is 11.6 Å². The Morgan fingerprint density at radius 2 is 1.75 bits per heavy atom. The van der Waals surface area contributed by atoms with Crippen LogP contribution in [0.25, 0.3) is 0 Å². The number of hydrogen-bond acceptors (Lipinski definition) is 4. The molecule has 0 radical (unpaired) electrons. The Balaban J connectivity index is 2.28. The SMILES string of the molecule is CCCCCCCCCc1nc(C(=O)OCC)nn1C. The van der Waals surface area contributed by atoms with Gasteiger partial charge < -0.3 is 4.74 Å². The maximum absolute atomic E-state index is 11.5. The lowest BCUT2D eigenvalue weighted by Gasteiger charge is -2.01. The number of nitrogens with zero attached hydrogens (tertiary/aromatic N) is 3. The molecule has 0 aliphatic rings. The molecule has 0 aliphatic carbocycles. The minimum atomic E-state index is -0.436. The summed E-state index contributed by atoms with van der Waals surface area (Å²) in [6.45, 7) is 4.36. The van der Waals surface area contributed by atoms with E-state index in [0.29, 0.717) is 6.61 Å². The zero-order valence-electron chi connectivity index (χ0n) is 13.0. The molecule has 1 heterocycles. The van der Waals surface area contributed by atoms with E-state index in [2.05, 4.69) is 17.0 Å². The highest BCUT2D eigenvalue weighted by Gasteiger charge is 2.15. The van der Waals surface area contributed by atoms with Crippen molar-refractivity contribution in [1.29, 1.82) is 0 Å². The third-order valence-electron chi connectivity index (χ3n) is 3.32. The molecule has 1 aromatic rings. The molecule has 0 spiro atoms. The quantitative estimate of drug-likeness (QED) is 0.488. The Hall–Kier alpha value is -1.39. The van der Waals surface area contributed by atoms with Crippen LogP contribution in [-0.2, 0) is 18.2 Å². The highest BCUT2D eigenvalue weighted by Crippen LogP contribution is 2.10. The summed E-state index contributed by atoms with van der Waals surface area (Å²) in [6.07, 6.45) is 9.75. The van der Waals surface area contributed by atoms with Gasteiger partial charge in [0.2, 0.25) is 0 Å². The number of unbranched alkanes of at least 4 members (excludes halogenated alkanes) is 6. The summed E-state index contributed by atoms with van der Waals surface area (Å²) < 4.78 is 6.58. The molecule has 5 nitrogen and oxygen atoms in total. The average Bonchev–Trinajstić information content (AvgIpc) is 2.80. The zero-order valence-corrected chi connectivity index (χ0v) is 13.0. The first-order chi connectivity index (χ1) is 9.69. The van der Waals surface area contributed by atoms with Crippen LogP contribution < -0.4 is 0 Å². The lowest BCUT2D eigenvalue weighted by molar-refractivity contribution is 0.0512. The number of esters is 1. The van der Waals surface area contributed by atoms with Gasteiger partial charge in [-0.3, -0.25) is 4.68 Å². The first kappa shape index (κ1) is 16.7. The molecule has 0 bridgehead atoms. The maximum Gasteiger partial charge on any atom is 0.378 e. The average molecular weight is 281 g/mol. The van der Waals surface area contributed by atoms with E-state index >= 15 is 0 Å². The number of aryl methyl sites for hydroxylation is 2. The molecule has 0 amide bonds. The Kier molecular flexibility index (Phi) is 7.92. The Bertz CT molecular complexity index is 402. The van der Waals surface area contributed by atoms with Crippen molar-refractivity contribution in [2.75, 3.05) is 6.61 Å². The fourth-order valence-electron chi connectivity index (χ4n) is 2.16. The molecular formula is C15H27N3O2. The molecule has 5 heteroatoms.